The number of aliphatic hydroxyl groups is 1. The first-order chi connectivity index (χ1) is 18.8. The first kappa shape index (κ1) is 27.0. The summed E-state index contributed by atoms with van der Waals surface area (Å²) < 4.78 is 54.7. The number of aliphatic hydroxyl groups excluding tert-OH is 1. The molecular formula is C29H29FN2O6S. The minimum absolute atomic E-state index is 0.00738. The van der Waals surface area contributed by atoms with E-state index >= 15 is 0 Å². The zero-order valence-electron chi connectivity index (χ0n) is 21.1. The molecule has 1 saturated heterocycles. The molecule has 2 atom stereocenters. The van der Waals surface area contributed by atoms with Crippen LogP contribution in [0.1, 0.15) is 36.6 Å². The zero-order chi connectivity index (χ0) is 27.4. The monoisotopic (exact) mass is 552 g/mol. The lowest BCUT2D eigenvalue weighted by molar-refractivity contribution is -0.129. The van der Waals surface area contributed by atoms with Crippen LogP contribution < -0.4 is 9.88 Å². The average Bonchev–Trinajstić information content (AvgIpc) is 3.35. The maximum Gasteiger partial charge on any atom is 0.238 e. The molecule has 8 nitrogen and oxygen atoms in total. The number of oxazole rings is 1. The second kappa shape index (κ2) is 11.7. The minimum atomic E-state index is -3.81. The molecule has 2 heterocycles. The highest BCUT2D eigenvalue weighted by molar-refractivity contribution is 7.89. The second-order valence-electron chi connectivity index (χ2n) is 9.44. The van der Waals surface area contributed by atoms with Crippen LogP contribution in [0.25, 0.3) is 22.6 Å². The van der Waals surface area contributed by atoms with Gasteiger partial charge in [0.1, 0.15) is 17.3 Å². The number of benzene rings is 3. The highest BCUT2D eigenvalue weighted by Crippen LogP contribution is 2.34. The van der Waals surface area contributed by atoms with Gasteiger partial charge in [-0.2, -0.15) is 0 Å². The summed E-state index contributed by atoms with van der Waals surface area (Å²) in [5, 5.41) is 15.0. The quantitative estimate of drug-likeness (QED) is 0.279. The van der Waals surface area contributed by atoms with E-state index in [0.717, 1.165) is 11.1 Å². The minimum Gasteiger partial charge on any atom is -0.493 e. The van der Waals surface area contributed by atoms with Crippen molar-refractivity contribution in [3.8, 4) is 28.3 Å². The van der Waals surface area contributed by atoms with Crippen molar-refractivity contribution in [2.45, 2.75) is 42.8 Å². The number of aromatic nitrogens is 1. The number of aryl methyl sites for hydroxylation is 1. The molecule has 10 heteroatoms. The molecule has 204 valence electrons. The molecule has 2 unspecified atom stereocenters. The lowest BCUT2D eigenvalue weighted by Gasteiger charge is -2.26. The number of hydrogen-bond donors (Lipinski definition) is 2. The Morgan fingerprint density at radius 2 is 1.82 bits per heavy atom. The molecule has 1 aliphatic rings. The highest BCUT2D eigenvalue weighted by Gasteiger charge is 2.23. The fourth-order valence-corrected chi connectivity index (χ4v) is 5.17. The molecule has 0 spiro atoms. The largest absolute Gasteiger partial charge is 0.493 e. The lowest BCUT2D eigenvalue weighted by Crippen LogP contribution is -2.24. The Balaban J connectivity index is 1.28. The molecule has 0 amide bonds. The normalized spacial score (nSPS) is 17.7. The Morgan fingerprint density at radius 1 is 1.05 bits per heavy atom. The fourth-order valence-electron chi connectivity index (χ4n) is 4.65. The Hall–Kier alpha value is -3.57. The van der Waals surface area contributed by atoms with Gasteiger partial charge in [0.2, 0.25) is 10.0 Å². The van der Waals surface area contributed by atoms with Crippen molar-refractivity contribution in [2.75, 3.05) is 13.2 Å². The predicted molar refractivity (Wildman–Crippen MR) is 143 cm³/mol. The van der Waals surface area contributed by atoms with Gasteiger partial charge in [0, 0.05) is 30.0 Å². The molecule has 0 radical (unpaired) electrons. The molecule has 1 aliphatic heterocycles. The van der Waals surface area contributed by atoms with E-state index in [1.165, 1.54) is 24.3 Å². The van der Waals surface area contributed by atoms with Gasteiger partial charge in [0.15, 0.2) is 17.9 Å². The van der Waals surface area contributed by atoms with Crippen molar-refractivity contribution in [3.05, 3.63) is 90.1 Å². The molecule has 3 aromatic carbocycles. The Labute approximate surface area is 226 Å². The van der Waals surface area contributed by atoms with E-state index in [4.69, 9.17) is 24.0 Å². The number of hydrogen-bond acceptors (Lipinski definition) is 7. The van der Waals surface area contributed by atoms with Crippen LogP contribution in [0.15, 0.2) is 82.1 Å². The molecule has 0 aliphatic carbocycles. The van der Waals surface area contributed by atoms with Crippen LogP contribution in [0.2, 0.25) is 0 Å². The topological polar surface area (TPSA) is 125 Å². The first-order valence-corrected chi connectivity index (χ1v) is 14.2. The van der Waals surface area contributed by atoms with Gasteiger partial charge in [-0.05, 0) is 60.7 Å². The Kier molecular flexibility index (Phi) is 8.08. The summed E-state index contributed by atoms with van der Waals surface area (Å²) in [6.07, 6.45) is 1.34. The molecule has 39 heavy (non-hydrogen) atoms. The zero-order valence-corrected chi connectivity index (χ0v) is 21.9. The van der Waals surface area contributed by atoms with Gasteiger partial charge in [-0.1, -0.05) is 30.3 Å². The summed E-state index contributed by atoms with van der Waals surface area (Å²) in [4.78, 5) is 4.72. The van der Waals surface area contributed by atoms with Gasteiger partial charge in [0.05, 0.1) is 18.1 Å². The summed E-state index contributed by atoms with van der Waals surface area (Å²) >= 11 is 0. The van der Waals surface area contributed by atoms with Gasteiger partial charge < -0.3 is 19.0 Å². The highest BCUT2D eigenvalue weighted by atomic mass is 32.2. The third-order valence-electron chi connectivity index (χ3n) is 6.60. The van der Waals surface area contributed by atoms with Gasteiger partial charge in [-0.3, -0.25) is 0 Å². The van der Waals surface area contributed by atoms with E-state index in [2.05, 4.69) is 0 Å². The van der Waals surface area contributed by atoms with Gasteiger partial charge in [0.25, 0.3) is 0 Å². The van der Waals surface area contributed by atoms with Crippen LogP contribution in [-0.2, 0) is 21.2 Å². The van der Waals surface area contributed by atoms with E-state index < -0.39 is 16.3 Å². The number of primary sulfonamides is 1. The van der Waals surface area contributed by atoms with Crippen LogP contribution in [-0.4, -0.2) is 38.0 Å². The van der Waals surface area contributed by atoms with Crippen molar-refractivity contribution < 1.29 is 31.8 Å². The van der Waals surface area contributed by atoms with Crippen LogP contribution in [0.3, 0.4) is 0 Å². The third kappa shape index (κ3) is 6.72. The van der Waals surface area contributed by atoms with Gasteiger partial charge in [-0.25, -0.2) is 22.9 Å². The molecular weight excluding hydrogens is 523 g/mol. The third-order valence-corrected chi connectivity index (χ3v) is 7.52. The van der Waals surface area contributed by atoms with E-state index in [9.17, 15) is 17.9 Å². The number of halogens is 1. The van der Waals surface area contributed by atoms with Crippen molar-refractivity contribution >= 4 is 10.0 Å². The Morgan fingerprint density at radius 3 is 2.54 bits per heavy atom. The first-order valence-electron chi connectivity index (χ1n) is 12.7. The standard InChI is InChI=1S/C29H29FN2O6S/c30-23-15-22(21-12-14-37-27(33)17-21)16-24(18-23)36-13-4-7-26-32-28(19-5-2-1-3-6-19)29(38-26)20-8-10-25(11-9-20)39(31,34)35/h1-3,5-6,8-11,15-16,18,21,27,33H,4,7,12-14,17H2,(H2,31,34,35). The molecule has 1 aromatic heterocycles. The number of sulfonamides is 1. The van der Waals surface area contributed by atoms with E-state index in [0.29, 0.717) is 67.6 Å². The summed E-state index contributed by atoms with van der Waals surface area (Å²) in [7, 11) is -3.81. The van der Waals surface area contributed by atoms with Crippen molar-refractivity contribution in [1.82, 2.24) is 4.98 Å². The van der Waals surface area contributed by atoms with Crippen molar-refractivity contribution in [1.29, 1.82) is 0 Å². The predicted octanol–water partition coefficient (Wildman–Crippen LogP) is 5.02. The van der Waals surface area contributed by atoms with Crippen LogP contribution in [0.5, 0.6) is 5.75 Å². The SMILES string of the molecule is NS(=O)(=O)c1ccc(-c2oc(CCCOc3cc(F)cc(C4CCOC(O)C4)c3)nc2-c2ccccc2)cc1. The molecule has 0 saturated carbocycles. The molecule has 3 N–H and O–H groups in total. The molecule has 4 aromatic rings. The molecule has 5 rings (SSSR count). The van der Waals surface area contributed by atoms with Gasteiger partial charge >= 0.3 is 0 Å². The Bertz CT molecular complexity index is 1520. The number of nitrogens with two attached hydrogens (primary N) is 1. The van der Waals surface area contributed by atoms with Crippen LogP contribution in [0, 0.1) is 5.82 Å². The second-order valence-corrected chi connectivity index (χ2v) is 11.0. The number of ether oxygens (including phenoxy) is 2. The summed E-state index contributed by atoms with van der Waals surface area (Å²) in [5.74, 6) is 1.07. The summed E-state index contributed by atoms with van der Waals surface area (Å²) in [6.45, 7) is 0.749. The van der Waals surface area contributed by atoms with E-state index in [1.54, 1.807) is 12.1 Å². The molecule has 1 fully saturated rings. The van der Waals surface area contributed by atoms with Crippen molar-refractivity contribution in [2.24, 2.45) is 5.14 Å². The smallest absolute Gasteiger partial charge is 0.238 e. The molecule has 0 bridgehead atoms. The maximum atomic E-state index is 14.3. The average molecular weight is 553 g/mol. The van der Waals surface area contributed by atoms with E-state index in [-0.39, 0.29) is 16.6 Å². The van der Waals surface area contributed by atoms with Crippen LogP contribution >= 0.6 is 0 Å². The number of nitrogens with zero attached hydrogens (tertiary/aromatic N) is 1. The van der Waals surface area contributed by atoms with Crippen LogP contribution in [0.4, 0.5) is 4.39 Å². The summed E-state index contributed by atoms with van der Waals surface area (Å²) in [6, 6.07) is 20.3. The fraction of sp³-hybridized carbons (Fsp3) is 0.276. The van der Waals surface area contributed by atoms with Gasteiger partial charge in [-0.15, -0.1) is 0 Å². The summed E-state index contributed by atoms with van der Waals surface area (Å²) in [5.41, 5.74) is 2.95. The van der Waals surface area contributed by atoms with E-state index in [1.807, 2.05) is 36.4 Å². The maximum absolute atomic E-state index is 14.3. The lowest BCUT2D eigenvalue weighted by atomic mass is 9.91. The number of rotatable bonds is 9. The van der Waals surface area contributed by atoms with Crippen molar-refractivity contribution in [3.63, 3.8) is 0 Å².